The van der Waals surface area contributed by atoms with Crippen molar-refractivity contribution in [3.63, 3.8) is 0 Å². The Labute approximate surface area is 273 Å². The summed E-state index contributed by atoms with van der Waals surface area (Å²) in [4.78, 5) is 0. The zero-order valence-electron chi connectivity index (χ0n) is 26.1. The topological polar surface area (TPSA) is 0 Å². The van der Waals surface area contributed by atoms with Crippen molar-refractivity contribution in [1.29, 1.82) is 0 Å². The van der Waals surface area contributed by atoms with Gasteiger partial charge in [-0.2, -0.15) is 0 Å². The molecule has 2 atom stereocenters. The first-order valence-electron chi connectivity index (χ1n) is 16.5. The normalized spacial score (nSPS) is 25.4. The van der Waals surface area contributed by atoms with Crippen LogP contribution in [0.25, 0.3) is 0 Å². The van der Waals surface area contributed by atoms with Crippen LogP contribution in [0.1, 0.15) is 83.0 Å². The van der Waals surface area contributed by atoms with Gasteiger partial charge in [0.2, 0.25) is 0 Å². The van der Waals surface area contributed by atoms with E-state index in [1.165, 1.54) is 36.0 Å². The van der Waals surface area contributed by atoms with E-state index < -0.39 is 0 Å². The standard InChI is InChI=1S/C46H36/c1-2-35-16-9-19-41(26-35)44-29-40-30-45(32-44,42-20-10-17-38(27-42)24-22-36-12-5-3-6-13-36)34-46(31-40,33-44)43-21-11-18-39(28-43)25-23-37-14-7-4-8-15-37/h1,3-21,26-28,40H,29-34H2. The summed E-state index contributed by atoms with van der Waals surface area (Å²) in [6.07, 6.45) is 13.1. The first-order chi connectivity index (χ1) is 22.6. The van der Waals surface area contributed by atoms with Crippen LogP contribution in [0.2, 0.25) is 0 Å². The molecular weight excluding hydrogens is 553 g/mol. The smallest absolute Gasteiger partial charge is 0.0251 e. The first-order valence-corrected chi connectivity index (χ1v) is 16.5. The number of rotatable bonds is 3. The van der Waals surface area contributed by atoms with E-state index in [0.29, 0.717) is 5.92 Å². The Hall–Kier alpha value is -5.22. The van der Waals surface area contributed by atoms with Crippen molar-refractivity contribution in [2.75, 3.05) is 0 Å². The van der Waals surface area contributed by atoms with Crippen molar-refractivity contribution in [3.05, 3.63) is 178 Å². The summed E-state index contributed by atoms with van der Waals surface area (Å²) in [5.41, 5.74) is 9.77. The van der Waals surface area contributed by atoms with Gasteiger partial charge in [0.1, 0.15) is 0 Å². The lowest BCUT2D eigenvalue weighted by Crippen LogP contribution is -2.62. The molecule has 9 rings (SSSR count). The molecule has 4 fully saturated rings. The molecule has 5 aromatic carbocycles. The fourth-order valence-electron chi connectivity index (χ4n) is 9.53. The van der Waals surface area contributed by atoms with Gasteiger partial charge in [-0.15, -0.1) is 6.42 Å². The monoisotopic (exact) mass is 588 g/mol. The number of terminal acetylenes is 1. The second-order valence-corrected chi connectivity index (χ2v) is 14.0. The maximum absolute atomic E-state index is 5.94. The number of hydrogen-bond donors (Lipinski definition) is 0. The van der Waals surface area contributed by atoms with E-state index in [1.807, 2.05) is 36.4 Å². The summed E-state index contributed by atoms with van der Waals surface area (Å²) in [6, 6.07) is 47.8. The minimum atomic E-state index is 0.0712. The van der Waals surface area contributed by atoms with Crippen LogP contribution in [0.4, 0.5) is 0 Å². The third-order valence-electron chi connectivity index (χ3n) is 10.9. The molecule has 0 nitrogen and oxygen atoms in total. The molecule has 2 unspecified atom stereocenters. The van der Waals surface area contributed by atoms with Gasteiger partial charge in [0.05, 0.1) is 0 Å². The lowest BCUT2D eigenvalue weighted by molar-refractivity contribution is -0.0493. The molecule has 4 saturated carbocycles. The zero-order valence-corrected chi connectivity index (χ0v) is 26.1. The van der Waals surface area contributed by atoms with Gasteiger partial charge in [0.15, 0.2) is 0 Å². The molecule has 0 saturated heterocycles. The second kappa shape index (κ2) is 11.3. The summed E-state index contributed by atoms with van der Waals surface area (Å²) < 4.78 is 0. The van der Waals surface area contributed by atoms with Gasteiger partial charge in [-0.3, -0.25) is 0 Å². The van der Waals surface area contributed by atoms with Crippen LogP contribution < -0.4 is 0 Å². The molecule has 220 valence electrons. The Bertz CT molecular complexity index is 1970. The molecule has 0 heterocycles. The summed E-state index contributed by atoms with van der Waals surface area (Å²) in [6.45, 7) is 0. The summed E-state index contributed by atoms with van der Waals surface area (Å²) >= 11 is 0. The lowest BCUT2D eigenvalue weighted by Gasteiger charge is -2.67. The van der Waals surface area contributed by atoms with Crippen LogP contribution in [-0.2, 0) is 16.2 Å². The summed E-state index contributed by atoms with van der Waals surface area (Å²) in [5.74, 6) is 17.3. The van der Waals surface area contributed by atoms with Crippen LogP contribution in [0.3, 0.4) is 0 Å². The van der Waals surface area contributed by atoms with E-state index in [9.17, 15) is 0 Å². The van der Waals surface area contributed by atoms with Crippen LogP contribution in [-0.4, -0.2) is 0 Å². The van der Waals surface area contributed by atoms with Gasteiger partial charge in [-0.05, 0) is 138 Å². The number of benzene rings is 5. The minimum Gasteiger partial charge on any atom is -0.115 e. The highest BCUT2D eigenvalue weighted by Crippen LogP contribution is 2.70. The van der Waals surface area contributed by atoms with Crippen LogP contribution in [0.5, 0.6) is 0 Å². The molecule has 5 aromatic rings. The van der Waals surface area contributed by atoms with Gasteiger partial charge in [-0.1, -0.05) is 102 Å². The maximum Gasteiger partial charge on any atom is 0.0251 e. The fourth-order valence-corrected chi connectivity index (χ4v) is 9.53. The molecule has 0 aliphatic heterocycles. The van der Waals surface area contributed by atoms with Crippen molar-refractivity contribution in [2.45, 2.75) is 54.8 Å². The molecule has 4 aliphatic carbocycles. The van der Waals surface area contributed by atoms with E-state index >= 15 is 0 Å². The van der Waals surface area contributed by atoms with Gasteiger partial charge < -0.3 is 0 Å². The van der Waals surface area contributed by atoms with E-state index in [-0.39, 0.29) is 16.2 Å². The molecule has 4 aliphatic rings. The van der Waals surface area contributed by atoms with Crippen LogP contribution >= 0.6 is 0 Å². The van der Waals surface area contributed by atoms with Gasteiger partial charge in [-0.25, -0.2) is 0 Å². The Balaban J connectivity index is 1.24. The molecule has 0 N–H and O–H groups in total. The molecular formula is C46H36. The predicted octanol–water partition coefficient (Wildman–Crippen LogP) is 9.58. The second-order valence-electron chi connectivity index (χ2n) is 14.0. The average molecular weight is 589 g/mol. The van der Waals surface area contributed by atoms with Crippen molar-refractivity contribution in [1.82, 2.24) is 0 Å². The third kappa shape index (κ3) is 5.14. The highest BCUT2D eigenvalue weighted by molar-refractivity contribution is 5.51. The third-order valence-corrected chi connectivity index (χ3v) is 10.9. The Kier molecular flexibility index (Phi) is 6.94. The summed E-state index contributed by atoms with van der Waals surface area (Å²) in [7, 11) is 0. The van der Waals surface area contributed by atoms with Gasteiger partial charge in [0, 0.05) is 27.8 Å². The van der Waals surface area contributed by atoms with Crippen molar-refractivity contribution in [2.24, 2.45) is 5.92 Å². The molecule has 0 heteroatoms. The average Bonchev–Trinajstić information content (AvgIpc) is 3.10. The molecule has 0 spiro atoms. The maximum atomic E-state index is 5.94. The van der Waals surface area contributed by atoms with Gasteiger partial charge >= 0.3 is 0 Å². The predicted molar refractivity (Wildman–Crippen MR) is 188 cm³/mol. The zero-order chi connectivity index (χ0) is 31.0. The first kappa shape index (κ1) is 28.3. The van der Waals surface area contributed by atoms with Crippen LogP contribution in [0.15, 0.2) is 133 Å². The Morgan fingerprint density at radius 2 is 0.761 bits per heavy atom. The van der Waals surface area contributed by atoms with E-state index in [1.54, 1.807) is 0 Å². The summed E-state index contributed by atoms with van der Waals surface area (Å²) in [5, 5.41) is 0. The number of hydrogen-bond acceptors (Lipinski definition) is 0. The SMILES string of the molecule is C#Cc1cccc(C23CC4CC(c5cccc(C#Cc6ccccc6)c5)(C2)CC(c2cccc(C#Cc5ccccc5)c2)(C4)C3)c1. The quantitative estimate of drug-likeness (QED) is 0.184. The van der Waals surface area contributed by atoms with E-state index in [0.717, 1.165) is 47.1 Å². The van der Waals surface area contributed by atoms with Crippen molar-refractivity contribution < 1.29 is 0 Å². The lowest BCUT2D eigenvalue weighted by atomic mass is 9.36. The molecule has 0 aromatic heterocycles. The minimum absolute atomic E-state index is 0.0712. The van der Waals surface area contributed by atoms with Crippen LogP contribution in [0, 0.1) is 41.9 Å². The molecule has 0 amide bonds. The molecule has 46 heavy (non-hydrogen) atoms. The van der Waals surface area contributed by atoms with Crippen molar-refractivity contribution >= 4 is 0 Å². The largest absolute Gasteiger partial charge is 0.115 e. The Morgan fingerprint density at radius 1 is 0.413 bits per heavy atom. The molecule has 4 bridgehead atoms. The molecule has 0 radical (unpaired) electrons. The van der Waals surface area contributed by atoms with Crippen molar-refractivity contribution in [3.8, 4) is 36.0 Å². The van der Waals surface area contributed by atoms with E-state index in [4.69, 9.17) is 6.42 Å². The fraction of sp³-hybridized carbons (Fsp3) is 0.217. The highest BCUT2D eigenvalue weighted by atomic mass is 14.7. The van der Waals surface area contributed by atoms with Gasteiger partial charge in [0.25, 0.3) is 0 Å². The Morgan fingerprint density at radius 3 is 1.17 bits per heavy atom. The highest BCUT2D eigenvalue weighted by Gasteiger charge is 2.64. The van der Waals surface area contributed by atoms with E-state index in [2.05, 4.69) is 127 Å².